The van der Waals surface area contributed by atoms with Crippen LogP contribution in [0.5, 0.6) is 0 Å². The Balaban J connectivity index is 1.90. The van der Waals surface area contributed by atoms with E-state index in [1.54, 1.807) is 0 Å². The average molecular weight is 304 g/mol. The van der Waals surface area contributed by atoms with E-state index in [4.69, 9.17) is 0 Å². The first-order chi connectivity index (χ1) is 9.86. The van der Waals surface area contributed by atoms with Gasteiger partial charge >= 0.3 is 6.18 Å². The van der Waals surface area contributed by atoms with Crippen molar-refractivity contribution in [3.8, 4) is 0 Å². The summed E-state index contributed by atoms with van der Waals surface area (Å²) < 4.78 is 37.6. The maximum atomic E-state index is 12.2. The van der Waals surface area contributed by atoms with Crippen LogP contribution in [-0.4, -0.2) is 38.9 Å². The SMILES string of the molecule is O=C(Cn1cc(C(=O)C(F)(F)F)nn1)NC1CCCCC1. The van der Waals surface area contributed by atoms with E-state index in [9.17, 15) is 22.8 Å². The number of carbonyl (C=O) groups is 2. The van der Waals surface area contributed by atoms with Crippen molar-refractivity contribution in [1.29, 1.82) is 0 Å². The number of nitrogens with one attached hydrogen (secondary N) is 1. The number of halogens is 3. The van der Waals surface area contributed by atoms with Gasteiger partial charge in [-0.15, -0.1) is 5.10 Å². The van der Waals surface area contributed by atoms with Crippen LogP contribution in [0.15, 0.2) is 6.20 Å². The van der Waals surface area contributed by atoms with E-state index >= 15 is 0 Å². The number of Topliss-reactive ketones (excluding diaryl/α,β-unsaturated/α-hetero) is 1. The first kappa shape index (κ1) is 15.5. The Morgan fingerprint density at radius 2 is 1.95 bits per heavy atom. The molecule has 1 fully saturated rings. The van der Waals surface area contributed by atoms with Gasteiger partial charge in [0.1, 0.15) is 6.54 Å². The van der Waals surface area contributed by atoms with Gasteiger partial charge in [-0.2, -0.15) is 13.2 Å². The molecule has 116 valence electrons. The summed E-state index contributed by atoms with van der Waals surface area (Å²) in [6.07, 6.45) is 0.901. The smallest absolute Gasteiger partial charge is 0.352 e. The third-order valence-corrected chi connectivity index (χ3v) is 3.30. The lowest BCUT2D eigenvalue weighted by Crippen LogP contribution is -2.38. The molecule has 0 radical (unpaired) electrons. The van der Waals surface area contributed by atoms with E-state index in [1.807, 2.05) is 0 Å². The maximum Gasteiger partial charge on any atom is 0.456 e. The molecule has 0 atom stereocenters. The summed E-state index contributed by atoms with van der Waals surface area (Å²) in [6.45, 7) is -0.255. The second-order valence-corrected chi connectivity index (χ2v) is 5.03. The highest BCUT2D eigenvalue weighted by Crippen LogP contribution is 2.20. The van der Waals surface area contributed by atoms with Crippen molar-refractivity contribution in [3.63, 3.8) is 0 Å². The number of aromatic nitrogens is 3. The van der Waals surface area contributed by atoms with Gasteiger partial charge in [0.05, 0.1) is 6.20 Å². The summed E-state index contributed by atoms with van der Waals surface area (Å²) in [5.41, 5.74) is -0.812. The molecule has 1 N–H and O–H groups in total. The van der Waals surface area contributed by atoms with Gasteiger partial charge in [0.15, 0.2) is 5.69 Å². The number of nitrogens with zero attached hydrogens (tertiary/aromatic N) is 3. The van der Waals surface area contributed by atoms with Gasteiger partial charge in [-0.25, -0.2) is 4.68 Å². The summed E-state index contributed by atoms with van der Waals surface area (Å²) in [6, 6.07) is 0.103. The van der Waals surface area contributed by atoms with E-state index in [2.05, 4.69) is 15.6 Å². The van der Waals surface area contributed by atoms with Gasteiger partial charge in [0.2, 0.25) is 5.91 Å². The number of hydrogen-bond acceptors (Lipinski definition) is 4. The molecule has 9 heteroatoms. The topological polar surface area (TPSA) is 76.9 Å². The molecule has 1 aliphatic carbocycles. The van der Waals surface area contributed by atoms with Crippen LogP contribution in [0.4, 0.5) is 13.2 Å². The Morgan fingerprint density at radius 1 is 1.29 bits per heavy atom. The largest absolute Gasteiger partial charge is 0.456 e. The standard InChI is InChI=1S/C12H15F3N4O2/c13-12(14,15)11(21)9-6-19(18-17-9)7-10(20)16-8-4-2-1-3-5-8/h6,8H,1-5,7H2,(H,16,20). The fourth-order valence-corrected chi connectivity index (χ4v) is 2.29. The summed E-state index contributed by atoms with van der Waals surface area (Å²) in [7, 11) is 0. The molecule has 1 saturated carbocycles. The lowest BCUT2D eigenvalue weighted by atomic mass is 9.95. The average Bonchev–Trinajstić information content (AvgIpc) is 2.86. The van der Waals surface area contributed by atoms with E-state index in [0.717, 1.165) is 43.0 Å². The fraction of sp³-hybridized carbons (Fsp3) is 0.667. The molecule has 21 heavy (non-hydrogen) atoms. The van der Waals surface area contributed by atoms with Crippen molar-refractivity contribution >= 4 is 11.7 Å². The minimum Gasteiger partial charge on any atom is -0.352 e. The van der Waals surface area contributed by atoms with Gasteiger partial charge in [-0.05, 0) is 12.8 Å². The zero-order chi connectivity index (χ0) is 15.5. The van der Waals surface area contributed by atoms with Crippen LogP contribution < -0.4 is 5.32 Å². The number of hydrogen-bond donors (Lipinski definition) is 1. The van der Waals surface area contributed by atoms with Gasteiger partial charge < -0.3 is 5.32 Å². The maximum absolute atomic E-state index is 12.2. The van der Waals surface area contributed by atoms with Crippen molar-refractivity contribution in [2.45, 2.75) is 50.9 Å². The summed E-state index contributed by atoms with van der Waals surface area (Å²) in [4.78, 5) is 22.7. The van der Waals surface area contributed by atoms with Crippen LogP contribution in [0.3, 0.4) is 0 Å². The lowest BCUT2D eigenvalue weighted by Gasteiger charge is -2.22. The minimum atomic E-state index is -4.99. The van der Waals surface area contributed by atoms with Crippen LogP contribution in [0.2, 0.25) is 0 Å². The summed E-state index contributed by atoms with van der Waals surface area (Å²) in [5, 5.41) is 9.32. The van der Waals surface area contributed by atoms with Crippen LogP contribution in [-0.2, 0) is 11.3 Å². The second kappa shape index (κ2) is 6.23. The lowest BCUT2D eigenvalue weighted by molar-refractivity contribution is -0.122. The van der Waals surface area contributed by atoms with Crippen molar-refractivity contribution in [3.05, 3.63) is 11.9 Å². The molecule has 1 aliphatic rings. The van der Waals surface area contributed by atoms with Crippen molar-refractivity contribution in [2.24, 2.45) is 0 Å². The van der Waals surface area contributed by atoms with E-state index in [1.165, 1.54) is 0 Å². The number of carbonyl (C=O) groups excluding carboxylic acids is 2. The molecule has 0 aliphatic heterocycles. The van der Waals surface area contributed by atoms with Crippen LogP contribution in [0.1, 0.15) is 42.6 Å². The number of rotatable bonds is 4. The molecule has 1 aromatic rings. The molecule has 0 aromatic carbocycles. The number of amides is 1. The second-order valence-electron chi connectivity index (χ2n) is 5.03. The first-order valence-corrected chi connectivity index (χ1v) is 6.67. The van der Waals surface area contributed by atoms with Crippen molar-refractivity contribution < 1.29 is 22.8 Å². The molecule has 2 rings (SSSR count). The number of alkyl halides is 3. The molecule has 1 heterocycles. The Hall–Kier alpha value is -1.93. The third kappa shape index (κ3) is 4.27. The van der Waals surface area contributed by atoms with Gasteiger partial charge in [-0.1, -0.05) is 24.5 Å². The first-order valence-electron chi connectivity index (χ1n) is 6.67. The van der Waals surface area contributed by atoms with Crippen LogP contribution in [0.25, 0.3) is 0 Å². The van der Waals surface area contributed by atoms with Gasteiger partial charge in [0.25, 0.3) is 5.78 Å². The molecule has 0 unspecified atom stereocenters. The Kier molecular flexibility index (Phi) is 4.59. The predicted molar refractivity (Wildman–Crippen MR) is 65.4 cm³/mol. The summed E-state index contributed by atoms with van der Waals surface area (Å²) in [5.74, 6) is -2.42. The predicted octanol–water partition coefficient (Wildman–Crippen LogP) is 1.47. The monoisotopic (exact) mass is 304 g/mol. The Morgan fingerprint density at radius 3 is 2.57 bits per heavy atom. The quantitative estimate of drug-likeness (QED) is 0.855. The van der Waals surface area contributed by atoms with Crippen LogP contribution >= 0.6 is 0 Å². The van der Waals surface area contributed by atoms with Gasteiger partial charge in [0, 0.05) is 6.04 Å². The van der Waals surface area contributed by atoms with E-state index < -0.39 is 17.7 Å². The Bertz CT molecular complexity index is 521. The van der Waals surface area contributed by atoms with Gasteiger partial charge in [-0.3, -0.25) is 9.59 Å². The highest BCUT2D eigenvalue weighted by molar-refractivity contribution is 5.98. The zero-order valence-corrected chi connectivity index (χ0v) is 11.2. The highest BCUT2D eigenvalue weighted by atomic mass is 19.4. The third-order valence-electron chi connectivity index (χ3n) is 3.30. The molecule has 6 nitrogen and oxygen atoms in total. The highest BCUT2D eigenvalue weighted by Gasteiger charge is 2.41. The van der Waals surface area contributed by atoms with E-state index in [-0.39, 0.29) is 18.5 Å². The molecular formula is C12H15F3N4O2. The molecule has 0 spiro atoms. The molecule has 1 aromatic heterocycles. The summed E-state index contributed by atoms with van der Waals surface area (Å²) >= 11 is 0. The van der Waals surface area contributed by atoms with Crippen LogP contribution in [0, 0.1) is 0 Å². The zero-order valence-electron chi connectivity index (χ0n) is 11.2. The molecule has 0 bridgehead atoms. The van der Waals surface area contributed by atoms with Crippen molar-refractivity contribution in [2.75, 3.05) is 0 Å². The molecule has 1 amide bonds. The Labute approximate surface area is 118 Å². The van der Waals surface area contributed by atoms with Crippen molar-refractivity contribution in [1.82, 2.24) is 20.3 Å². The fourth-order valence-electron chi connectivity index (χ4n) is 2.29. The molecule has 0 saturated heterocycles. The normalized spacial score (nSPS) is 16.7. The van der Waals surface area contributed by atoms with E-state index in [0.29, 0.717) is 0 Å². The molecular weight excluding hydrogens is 289 g/mol. The number of ketones is 1. The minimum absolute atomic E-state index is 0.103.